The van der Waals surface area contributed by atoms with Crippen LogP contribution in [0.15, 0.2) is 4.99 Å². The van der Waals surface area contributed by atoms with E-state index in [-0.39, 0.29) is 0 Å². The summed E-state index contributed by atoms with van der Waals surface area (Å²) in [6.45, 7) is 5.76. The van der Waals surface area contributed by atoms with Gasteiger partial charge < -0.3 is 15.3 Å². The number of rotatable bonds is 3. The molecular formula is C17H31N3OS2. The Labute approximate surface area is 149 Å². The van der Waals surface area contributed by atoms with Crippen LogP contribution in [0.25, 0.3) is 0 Å². The normalized spacial score (nSPS) is 31.6. The maximum Gasteiger partial charge on any atom is 0.194 e. The maximum atomic E-state index is 10.6. The van der Waals surface area contributed by atoms with Crippen LogP contribution < -0.4 is 5.32 Å². The van der Waals surface area contributed by atoms with Gasteiger partial charge in [0.15, 0.2) is 5.96 Å². The van der Waals surface area contributed by atoms with E-state index in [4.69, 9.17) is 4.99 Å². The summed E-state index contributed by atoms with van der Waals surface area (Å²) in [5, 5.41) is 14.0. The third-order valence-electron chi connectivity index (χ3n) is 5.25. The van der Waals surface area contributed by atoms with Gasteiger partial charge in [0.25, 0.3) is 0 Å². The number of aliphatic hydroxyl groups is 1. The van der Waals surface area contributed by atoms with E-state index in [0.29, 0.717) is 11.3 Å². The van der Waals surface area contributed by atoms with Gasteiger partial charge in [-0.15, -0.1) is 0 Å². The SMILES string of the molecule is CCNC(=NCC1(O)CCSC1)N1CCSC2(CCCCC2)C1. The smallest absolute Gasteiger partial charge is 0.194 e. The summed E-state index contributed by atoms with van der Waals surface area (Å²) in [7, 11) is 0. The van der Waals surface area contributed by atoms with E-state index < -0.39 is 5.60 Å². The lowest BCUT2D eigenvalue weighted by Gasteiger charge is -2.45. The molecule has 2 saturated heterocycles. The minimum atomic E-state index is -0.585. The van der Waals surface area contributed by atoms with Crippen molar-refractivity contribution in [1.82, 2.24) is 10.2 Å². The minimum absolute atomic E-state index is 0.451. The first-order valence-corrected chi connectivity index (χ1v) is 11.3. The molecule has 0 amide bonds. The zero-order chi connectivity index (χ0) is 16.2. The molecule has 1 atom stereocenters. The molecule has 0 aromatic heterocycles. The van der Waals surface area contributed by atoms with E-state index in [1.54, 1.807) is 0 Å². The number of guanidine groups is 1. The zero-order valence-corrected chi connectivity index (χ0v) is 16.0. The Morgan fingerprint density at radius 3 is 2.74 bits per heavy atom. The lowest BCUT2D eigenvalue weighted by atomic mass is 9.87. The molecule has 1 unspecified atom stereocenters. The van der Waals surface area contributed by atoms with E-state index in [1.807, 2.05) is 11.8 Å². The van der Waals surface area contributed by atoms with E-state index >= 15 is 0 Å². The van der Waals surface area contributed by atoms with Gasteiger partial charge in [-0.2, -0.15) is 23.5 Å². The largest absolute Gasteiger partial charge is 0.387 e. The molecule has 2 heterocycles. The predicted molar refractivity (Wildman–Crippen MR) is 103 cm³/mol. The lowest BCUT2D eigenvalue weighted by molar-refractivity contribution is 0.0775. The summed E-state index contributed by atoms with van der Waals surface area (Å²) in [5.74, 6) is 4.11. The minimum Gasteiger partial charge on any atom is -0.387 e. The van der Waals surface area contributed by atoms with Crippen molar-refractivity contribution in [2.75, 3.05) is 43.4 Å². The molecule has 1 aliphatic carbocycles. The quantitative estimate of drug-likeness (QED) is 0.600. The van der Waals surface area contributed by atoms with Crippen LogP contribution >= 0.6 is 23.5 Å². The topological polar surface area (TPSA) is 47.9 Å². The van der Waals surface area contributed by atoms with Crippen LogP contribution in [0.3, 0.4) is 0 Å². The van der Waals surface area contributed by atoms with Crippen molar-refractivity contribution in [2.45, 2.75) is 55.8 Å². The molecule has 0 aromatic rings. The van der Waals surface area contributed by atoms with E-state index in [9.17, 15) is 5.11 Å². The van der Waals surface area contributed by atoms with Crippen LogP contribution in [0, 0.1) is 0 Å². The highest BCUT2D eigenvalue weighted by atomic mass is 32.2. The van der Waals surface area contributed by atoms with Crippen LogP contribution in [-0.2, 0) is 0 Å². The molecule has 1 spiro atoms. The van der Waals surface area contributed by atoms with Crippen molar-refractivity contribution in [3.05, 3.63) is 0 Å². The molecule has 2 N–H and O–H groups in total. The first-order valence-electron chi connectivity index (χ1n) is 9.12. The highest BCUT2D eigenvalue weighted by Crippen LogP contribution is 2.42. The monoisotopic (exact) mass is 357 g/mol. The number of hydrogen-bond donors (Lipinski definition) is 2. The average molecular weight is 358 g/mol. The molecule has 2 aliphatic heterocycles. The number of aliphatic imine (C=N–C) groups is 1. The fraction of sp³-hybridized carbons (Fsp3) is 0.941. The molecule has 132 valence electrons. The highest BCUT2D eigenvalue weighted by Gasteiger charge is 2.38. The first-order chi connectivity index (χ1) is 11.1. The van der Waals surface area contributed by atoms with Crippen molar-refractivity contribution in [1.29, 1.82) is 0 Å². The number of thioether (sulfide) groups is 2. The van der Waals surface area contributed by atoms with E-state index in [2.05, 4.69) is 28.9 Å². The summed E-state index contributed by atoms with van der Waals surface area (Å²) < 4.78 is 0.451. The van der Waals surface area contributed by atoms with Gasteiger partial charge in [-0.3, -0.25) is 4.99 Å². The molecule has 0 radical (unpaired) electrons. The fourth-order valence-electron chi connectivity index (χ4n) is 3.89. The molecular weight excluding hydrogens is 326 g/mol. The molecule has 0 bridgehead atoms. The number of nitrogens with zero attached hydrogens (tertiary/aromatic N) is 2. The Bertz CT molecular complexity index is 413. The summed E-state index contributed by atoms with van der Waals surface area (Å²) in [6.07, 6.45) is 7.75. The van der Waals surface area contributed by atoms with E-state index in [0.717, 1.165) is 43.5 Å². The van der Waals surface area contributed by atoms with Gasteiger partial charge in [0.1, 0.15) is 0 Å². The summed E-state index contributed by atoms with van der Waals surface area (Å²) in [6, 6.07) is 0. The fourth-order valence-corrected chi connectivity index (χ4v) is 6.75. The second-order valence-corrected chi connectivity index (χ2v) is 9.88. The van der Waals surface area contributed by atoms with Crippen molar-refractivity contribution in [3.63, 3.8) is 0 Å². The molecule has 0 aromatic carbocycles. The van der Waals surface area contributed by atoms with Gasteiger partial charge in [0.2, 0.25) is 0 Å². The molecule has 6 heteroatoms. The summed E-state index contributed by atoms with van der Waals surface area (Å²) in [4.78, 5) is 7.28. The van der Waals surface area contributed by atoms with Gasteiger partial charge in [-0.05, 0) is 31.9 Å². The van der Waals surface area contributed by atoms with Crippen molar-refractivity contribution < 1.29 is 5.11 Å². The highest BCUT2D eigenvalue weighted by molar-refractivity contribution is 8.00. The van der Waals surface area contributed by atoms with Crippen molar-refractivity contribution >= 4 is 29.5 Å². The van der Waals surface area contributed by atoms with Crippen molar-refractivity contribution in [2.24, 2.45) is 4.99 Å². The van der Waals surface area contributed by atoms with Crippen LogP contribution in [0.1, 0.15) is 45.4 Å². The Kier molecular flexibility index (Phi) is 6.07. The third-order valence-corrected chi connectivity index (χ3v) is 8.02. The Hall–Kier alpha value is -0.0700. The van der Waals surface area contributed by atoms with Crippen LogP contribution in [0.2, 0.25) is 0 Å². The lowest BCUT2D eigenvalue weighted by Crippen LogP contribution is -2.53. The van der Waals surface area contributed by atoms with Gasteiger partial charge in [-0.1, -0.05) is 19.3 Å². The van der Waals surface area contributed by atoms with Crippen molar-refractivity contribution in [3.8, 4) is 0 Å². The zero-order valence-electron chi connectivity index (χ0n) is 14.4. The van der Waals surface area contributed by atoms with Gasteiger partial charge in [0, 0.05) is 35.9 Å². The molecule has 4 nitrogen and oxygen atoms in total. The standard InChI is InChI=1S/C17H31N3OS2/c1-2-18-15(19-12-16(21)8-10-22-14-16)20-9-11-23-17(13-20)6-4-3-5-7-17/h21H,2-14H2,1H3,(H,18,19). The summed E-state index contributed by atoms with van der Waals surface area (Å²) >= 11 is 4.03. The number of nitrogens with one attached hydrogen (secondary N) is 1. The second-order valence-electron chi connectivity index (χ2n) is 7.21. The van der Waals surface area contributed by atoms with Gasteiger partial charge in [-0.25, -0.2) is 0 Å². The van der Waals surface area contributed by atoms with Crippen LogP contribution in [0.5, 0.6) is 0 Å². The molecule has 3 fully saturated rings. The first kappa shape index (κ1) is 17.7. The average Bonchev–Trinajstić information content (AvgIpc) is 2.99. The van der Waals surface area contributed by atoms with Crippen LogP contribution in [0.4, 0.5) is 0 Å². The van der Waals surface area contributed by atoms with E-state index in [1.165, 1.54) is 37.9 Å². The molecule has 23 heavy (non-hydrogen) atoms. The Morgan fingerprint density at radius 2 is 2.04 bits per heavy atom. The van der Waals surface area contributed by atoms with Crippen LogP contribution in [-0.4, -0.2) is 69.8 Å². The molecule has 3 aliphatic rings. The van der Waals surface area contributed by atoms with Gasteiger partial charge >= 0.3 is 0 Å². The summed E-state index contributed by atoms with van der Waals surface area (Å²) in [5.41, 5.74) is -0.585. The molecule has 1 saturated carbocycles. The molecule has 3 rings (SSSR count). The Balaban J connectivity index is 1.66. The predicted octanol–water partition coefficient (Wildman–Crippen LogP) is 2.57. The Morgan fingerprint density at radius 1 is 1.22 bits per heavy atom. The van der Waals surface area contributed by atoms with Gasteiger partial charge in [0.05, 0.1) is 12.1 Å². The third kappa shape index (κ3) is 4.51. The maximum absolute atomic E-state index is 10.6. The number of hydrogen-bond acceptors (Lipinski definition) is 4. The second kappa shape index (κ2) is 7.87.